The maximum Gasteiger partial charge on any atom is 0.243 e. The molecule has 1 aromatic carbocycles. The van der Waals surface area contributed by atoms with Crippen molar-refractivity contribution in [2.75, 3.05) is 75.3 Å². The summed E-state index contributed by atoms with van der Waals surface area (Å²) in [5.74, 6) is 1.17. The average molecular weight is 491 g/mol. The molecule has 0 bridgehead atoms. The number of nitrogens with zero attached hydrogens (tertiary/aromatic N) is 6. The maximum atomic E-state index is 13.2. The number of benzene rings is 1. The minimum atomic E-state index is -3.63. The van der Waals surface area contributed by atoms with Gasteiger partial charge in [-0.05, 0) is 49.2 Å². The summed E-state index contributed by atoms with van der Waals surface area (Å²) in [6.07, 6.45) is 2.72. The molecule has 0 spiro atoms. The summed E-state index contributed by atoms with van der Waals surface area (Å²) in [6.45, 7) is 7.47. The number of rotatable bonds is 6. The van der Waals surface area contributed by atoms with Crippen LogP contribution in [0.2, 0.25) is 0 Å². The van der Waals surface area contributed by atoms with Crippen LogP contribution in [-0.2, 0) is 14.8 Å². The van der Waals surface area contributed by atoms with Crippen LogP contribution in [0.4, 0.5) is 16.0 Å². The average Bonchev–Trinajstić information content (AvgIpc) is 3.38. The number of sulfonamides is 1. The number of ether oxygens (including phenoxy) is 1. The molecular formula is C23H31FN6O3S. The quantitative estimate of drug-likeness (QED) is 0.602. The van der Waals surface area contributed by atoms with Crippen LogP contribution in [0.1, 0.15) is 12.8 Å². The highest BCUT2D eigenvalue weighted by atomic mass is 32.2. The van der Waals surface area contributed by atoms with Gasteiger partial charge in [0.15, 0.2) is 11.6 Å². The van der Waals surface area contributed by atoms with E-state index < -0.39 is 15.8 Å². The topological polar surface area (TPSA) is 82.1 Å². The van der Waals surface area contributed by atoms with Crippen molar-refractivity contribution in [2.45, 2.75) is 23.8 Å². The number of halogens is 1. The van der Waals surface area contributed by atoms with Crippen molar-refractivity contribution < 1.29 is 17.5 Å². The second-order valence-electron chi connectivity index (χ2n) is 9.02. The van der Waals surface area contributed by atoms with Crippen molar-refractivity contribution in [3.05, 3.63) is 42.2 Å². The first kappa shape index (κ1) is 23.4. The molecule has 34 heavy (non-hydrogen) atoms. The minimum Gasteiger partial charge on any atom is -0.377 e. The fourth-order valence-electron chi connectivity index (χ4n) is 4.80. The number of hydrogen-bond acceptors (Lipinski definition) is 8. The van der Waals surface area contributed by atoms with Crippen LogP contribution in [0.15, 0.2) is 41.3 Å². The third-order valence-corrected chi connectivity index (χ3v) is 8.75. The van der Waals surface area contributed by atoms with Crippen molar-refractivity contribution in [3.63, 3.8) is 0 Å². The van der Waals surface area contributed by atoms with Gasteiger partial charge in [0.2, 0.25) is 10.0 Å². The van der Waals surface area contributed by atoms with Gasteiger partial charge >= 0.3 is 0 Å². The van der Waals surface area contributed by atoms with Crippen molar-refractivity contribution in [1.29, 1.82) is 0 Å². The molecule has 0 radical (unpaired) electrons. The zero-order valence-electron chi connectivity index (χ0n) is 19.2. The Labute approximate surface area is 200 Å². The summed E-state index contributed by atoms with van der Waals surface area (Å²) < 4.78 is 46.0. The summed E-state index contributed by atoms with van der Waals surface area (Å²) in [5.41, 5.74) is 0. The second-order valence-corrected chi connectivity index (χ2v) is 11.0. The molecule has 11 heteroatoms. The monoisotopic (exact) mass is 490 g/mol. The lowest BCUT2D eigenvalue weighted by molar-refractivity contribution is 0.0712. The SMILES string of the molecule is O=S(=O)(c1ccc(F)cc1)N1CCN(c2ccc(N3CCN(CC4CCCO4)CC3)nn2)CC1. The smallest absolute Gasteiger partial charge is 0.243 e. The molecule has 5 rings (SSSR count). The molecule has 3 saturated heterocycles. The summed E-state index contributed by atoms with van der Waals surface area (Å²) in [4.78, 5) is 6.89. The Morgan fingerprint density at radius 1 is 0.853 bits per heavy atom. The minimum absolute atomic E-state index is 0.113. The predicted molar refractivity (Wildman–Crippen MR) is 127 cm³/mol. The van der Waals surface area contributed by atoms with Crippen molar-refractivity contribution >= 4 is 21.7 Å². The van der Waals surface area contributed by atoms with Crippen LogP contribution in [0.3, 0.4) is 0 Å². The highest BCUT2D eigenvalue weighted by Gasteiger charge is 2.29. The van der Waals surface area contributed by atoms with Crippen LogP contribution in [0.5, 0.6) is 0 Å². The molecule has 0 saturated carbocycles. The molecule has 1 aromatic heterocycles. The fraction of sp³-hybridized carbons (Fsp3) is 0.565. The lowest BCUT2D eigenvalue weighted by atomic mass is 10.2. The van der Waals surface area contributed by atoms with Gasteiger partial charge in [-0.3, -0.25) is 4.90 Å². The molecule has 184 valence electrons. The van der Waals surface area contributed by atoms with Crippen LogP contribution in [0.25, 0.3) is 0 Å². The Hall–Kier alpha value is -2.34. The predicted octanol–water partition coefficient (Wildman–Crippen LogP) is 1.43. The number of aromatic nitrogens is 2. The highest BCUT2D eigenvalue weighted by Crippen LogP contribution is 2.22. The van der Waals surface area contributed by atoms with Crippen molar-refractivity contribution in [2.24, 2.45) is 0 Å². The standard InChI is InChI=1S/C23H31FN6O3S/c24-19-3-5-21(6-4-19)34(31,32)30-15-13-29(14-16-30)23-8-7-22(25-26-23)28-11-9-27(10-12-28)18-20-2-1-17-33-20/h3-8,20H,1-2,9-18H2. The van der Waals surface area contributed by atoms with Crippen molar-refractivity contribution in [1.82, 2.24) is 19.4 Å². The van der Waals surface area contributed by atoms with E-state index in [4.69, 9.17) is 4.74 Å². The number of piperazine rings is 2. The summed E-state index contributed by atoms with van der Waals surface area (Å²) in [5, 5.41) is 8.88. The van der Waals surface area contributed by atoms with E-state index in [2.05, 4.69) is 20.0 Å². The molecule has 1 atom stereocenters. The Balaban J connectivity index is 1.13. The normalized spacial score (nSPS) is 22.9. The first-order valence-corrected chi connectivity index (χ1v) is 13.4. The molecule has 1 unspecified atom stereocenters. The number of anilines is 2. The molecule has 2 aromatic rings. The van der Waals surface area contributed by atoms with E-state index in [0.717, 1.165) is 51.0 Å². The third kappa shape index (κ3) is 5.17. The van der Waals surface area contributed by atoms with E-state index in [-0.39, 0.29) is 4.90 Å². The third-order valence-electron chi connectivity index (χ3n) is 6.83. The van der Waals surface area contributed by atoms with Crippen LogP contribution < -0.4 is 9.80 Å². The van der Waals surface area contributed by atoms with Gasteiger partial charge in [0, 0.05) is 65.5 Å². The van der Waals surface area contributed by atoms with E-state index >= 15 is 0 Å². The molecular weight excluding hydrogens is 459 g/mol. The van der Waals surface area contributed by atoms with Crippen LogP contribution in [-0.4, -0.2) is 99.4 Å². The Morgan fingerprint density at radius 3 is 1.97 bits per heavy atom. The molecule has 0 N–H and O–H groups in total. The molecule has 9 nitrogen and oxygen atoms in total. The van der Waals surface area contributed by atoms with E-state index in [0.29, 0.717) is 32.3 Å². The molecule has 3 aliphatic heterocycles. The number of hydrogen-bond donors (Lipinski definition) is 0. The van der Waals surface area contributed by atoms with Gasteiger partial charge in [0.05, 0.1) is 11.0 Å². The van der Waals surface area contributed by atoms with E-state index in [1.165, 1.54) is 41.4 Å². The molecule has 4 heterocycles. The van der Waals surface area contributed by atoms with Gasteiger partial charge in [-0.1, -0.05) is 0 Å². The Bertz CT molecular complexity index is 1050. The van der Waals surface area contributed by atoms with E-state index in [1.54, 1.807) is 0 Å². The molecule has 0 aliphatic carbocycles. The fourth-order valence-corrected chi connectivity index (χ4v) is 6.23. The first-order chi connectivity index (χ1) is 16.5. The zero-order valence-corrected chi connectivity index (χ0v) is 20.0. The Morgan fingerprint density at radius 2 is 1.44 bits per heavy atom. The largest absolute Gasteiger partial charge is 0.377 e. The molecule has 3 aliphatic rings. The van der Waals surface area contributed by atoms with E-state index in [1.807, 2.05) is 17.0 Å². The van der Waals surface area contributed by atoms with Gasteiger partial charge in [-0.15, -0.1) is 10.2 Å². The lowest BCUT2D eigenvalue weighted by Crippen LogP contribution is -2.49. The van der Waals surface area contributed by atoms with Gasteiger partial charge in [-0.2, -0.15) is 4.31 Å². The summed E-state index contributed by atoms with van der Waals surface area (Å²) in [6, 6.07) is 8.92. The van der Waals surface area contributed by atoms with Crippen molar-refractivity contribution in [3.8, 4) is 0 Å². The van der Waals surface area contributed by atoms with E-state index in [9.17, 15) is 12.8 Å². The van der Waals surface area contributed by atoms with Crippen LogP contribution >= 0.6 is 0 Å². The summed E-state index contributed by atoms with van der Waals surface area (Å²) in [7, 11) is -3.63. The lowest BCUT2D eigenvalue weighted by Gasteiger charge is -2.36. The zero-order chi connectivity index (χ0) is 23.5. The Kier molecular flexibility index (Phi) is 6.96. The first-order valence-electron chi connectivity index (χ1n) is 11.9. The van der Waals surface area contributed by atoms with Gasteiger partial charge in [0.1, 0.15) is 5.82 Å². The van der Waals surface area contributed by atoms with Gasteiger partial charge in [0.25, 0.3) is 0 Å². The van der Waals surface area contributed by atoms with Crippen LogP contribution in [0, 0.1) is 5.82 Å². The highest BCUT2D eigenvalue weighted by molar-refractivity contribution is 7.89. The second kappa shape index (κ2) is 10.1. The molecule has 0 amide bonds. The summed E-state index contributed by atoms with van der Waals surface area (Å²) >= 11 is 0. The maximum absolute atomic E-state index is 13.2. The van der Waals surface area contributed by atoms with Gasteiger partial charge < -0.3 is 14.5 Å². The molecule has 3 fully saturated rings. The van der Waals surface area contributed by atoms with Gasteiger partial charge in [-0.25, -0.2) is 12.8 Å².